The fourth-order valence-electron chi connectivity index (χ4n) is 5.47. The molecule has 0 amide bonds. The molecule has 3 heterocycles. The van der Waals surface area contributed by atoms with E-state index in [1.54, 1.807) is 4.57 Å². The van der Waals surface area contributed by atoms with E-state index in [-0.39, 0.29) is 11.2 Å². The molecule has 0 unspecified atom stereocenters. The minimum Gasteiger partial charge on any atom is -0.318 e. The van der Waals surface area contributed by atoms with Crippen LogP contribution in [-0.4, -0.2) is 39.3 Å². The van der Waals surface area contributed by atoms with Gasteiger partial charge >= 0.3 is 5.69 Å². The molecule has 0 saturated carbocycles. The molecule has 10 heteroatoms. The second-order valence-electron chi connectivity index (χ2n) is 10.3. The summed E-state index contributed by atoms with van der Waals surface area (Å²) < 4.78 is 5.02. The van der Waals surface area contributed by atoms with Crippen LogP contribution in [0.25, 0.3) is 33.7 Å². The number of benzene rings is 3. The van der Waals surface area contributed by atoms with Crippen molar-refractivity contribution in [2.75, 3.05) is 0 Å². The van der Waals surface area contributed by atoms with Gasteiger partial charge in [0.2, 0.25) is 0 Å². The molecule has 6 rings (SSSR count). The van der Waals surface area contributed by atoms with Crippen LogP contribution in [0.15, 0.2) is 88.5 Å². The number of nitrogens with one attached hydrogen (secondary N) is 1. The van der Waals surface area contributed by atoms with E-state index >= 15 is 0 Å². The first-order chi connectivity index (χ1) is 20.6. The molecule has 0 radical (unpaired) electrons. The Morgan fingerprint density at radius 3 is 2.19 bits per heavy atom. The van der Waals surface area contributed by atoms with Crippen LogP contribution < -0.4 is 11.2 Å². The van der Waals surface area contributed by atoms with Gasteiger partial charge in [0.25, 0.3) is 5.56 Å². The first-order valence-corrected chi connectivity index (χ1v) is 14.3. The van der Waals surface area contributed by atoms with Gasteiger partial charge in [-0.2, -0.15) is 0 Å². The monoisotopic (exact) mass is 560 g/mol. The summed E-state index contributed by atoms with van der Waals surface area (Å²) >= 11 is 0. The van der Waals surface area contributed by atoms with Crippen LogP contribution in [0.1, 0.15) is 37.2 Å². The number of rotatable bonds is 10. The number of hydrogen-bond donors (Lipinski definition) is 1. The number of nitrogens with zero attached hydrogens (tertiary/aromatic N) is 7. The Labute approximate surface area is 242 Å². The summed E-state index contributed by atoms with van der Waals surface area (Å²) in [4.78, 5) is 32.2. The predicted molar refractivity (Wildman–Crippen MR) is 162 cm³/mol. The van der Waals surface area contributed by atoms with Crippen molar-refractivity contribution in [1.29, 1.82) is 0 Å². The van der Waals surface area contributed by atoms with Crippen molar-refractivity contribution in [2.24, 2.45) is 0 Å². The lowest BCUT2D eigenvalue weighted by Crippen LogP contribution is -2.41. The lowest BCUT2D eigenvalue weighted by molar-refractivity contribution is 0.558. The van der Waals surface area contributed by atoms with Crippen molar-refractivity contribution in [1.82, 2.24) is 39.3 Å². The Bertz CT molecular complexity index is 1940. The summed E-state index contributed by atoms with van der Waals surface area (Å²) in [5.74, 6) is 1.38. The molecule has 0 bridgehead atoms. The number of tetrazole rings is 1. The van der Waals surface area contributed by atoms with E-state index in [0.29, 0.717) is 55.9 Å². The summed E-state index contributed by atoms with van der Waals surface area (Å²) in [5, 5.41) is 14.4. The molecule has 42 heavy (non-hydrogen) atoms. The summed E-state index contributed by atoms with van der Waals surface area (Å²) in [7, 11) is 0. The van der Waals surface area contributed by atoms with Crippen LogP contribution in [-0.2, 0) is 32.5 Å². The number of fused-ring (bicyclic) bond motifs is 1. The van der Waals surface area contributed by atoms with Gasteiger partial charge in [0.15, 0.2) is 17.0 Å². The fraction of sp³-hybridized carbons (Fsp3) is 0.250. The predicted octanol–water partition coefficient (Wildman–Crippen LogP) is 4.47. The van der Waals surface area contributed by atoms with Gasteiger partial charge in [-0.05, 0) is 45.5 Å². The number of H-pyrrole nitrogens is 1. The summed E-state index contributed by atoms with van der Waals surface area (Å²) in [5.41, 5.74) is 5.43. The number of aromatic amines is 1. The summed E-state index contributed by atoms with van der Waals surface area (Å²) in [6.07, 6.45) is 1.98. The molecule has 0 saturated heterocycles. The molecule has 0 spiro atoms. The Morgan fingerprint density at radius 1 is 0.762 bits per heavy atom. The molecule has 10 nitrogen and oxygen atoms in total. The summed E-state index contributed by atoms with van der Waals surface area (Å²) in [6.45, 7) is 5.26. The Hall–Kier alpha value is -5.12. The van der Waals surface area contributed by atoms with Gasteiger partial charge in [0.05, 0.1) is 0 Å². The van der Waals surface area contributed by atoms with Crippen LogP contribution in [0, 0.1) is 0 Å². The van der Waals surface area contributed by atoms with Gasteiger partial charge in [-0.25, -0.2) is 14.9 Å². The third-order valence-corrected chi connectivity index (χ3v) is 7.56. The molecule has 1 N–H and O–H groups in total. The third kappa shape index (κ3) is 5.07. The molecule has 0 aliphatic carbocycles. The average molecular weight is 561 g/mol. The van der Waals surface area contributed by atoms with Crippen molar-refractivity contribution >= 4 is 11.2 Å². The van der Waals surface area contributed by atoms with E-state index in [4.69, 9.17) is 4.98 Å². The first-order valence-electron chi connectivity index (χ1n) is 14.3. The number of imidazole rings is 1. The zero-order valence-electron chi connectivity index (χ0n) is 23.7. The maximum Gasteiger partial charge on any atom is 0.332 e. The topological polar surface area (TPSA) is 116 Å². The fourth-order valence-corrected chi connectivity index (χ4v) is 5.47. The van der Waals surface area contributed by atoms with Gasteiger partial charge < -0.3 is 4.57 Å². The van der Waals surface area contributed by atoms with Crippen molar-refractivity contribution in [3.63, 3.8) is 0 Å². The van der Waals surface area contributed by atoms with E-state index in [1.807, 2.05) is 73.0 Å². The van der Waals surface area contributed by atoms with Gasteiger partial charge in [0, 0.05) is 31.6 Å². The smallest absolute Gasteiger partial charge is 0.318 e. The molecule has 0 aliphatic rings. The maximum absolute atomic E-state index is 13.8. The normalized spacial score (nSPS) is 11.4. The van der Waals surface area contributed by atoms with E-state index in [0.717, 1.165) is 33.6 Å². The first kappa shape index (κ1) is 27.1. The SMILES string of the molecule is CCCn1c(=O)c2c(nc(CC)n2Cc2ccc(-c3ccccc3-c3nnn[nH]3)cc2)n(CCc2ccccc2)c1=O. The molecular weight excluding hydrogens is 528 g/mol. The summed E-state index contributed by atoms with van der Waals surface area (Å²) in [6, 6.07) is 26.3. The molecule has 3 aromatic heterocycles. The van der Waals surface area contributed by atoms with Crippen molar-refractivity contribution in [3.8, 4) is 22.5 Å². The van der Waals surface area contributed by atoms with Gasteiger partial charge in [-0.15, -0.1) is 5.10 Å². The van der Waals surface area contributed by atoms with Crippen molar-refractivity contribution in [2.45, 2.75) is 52.7 Å². The zero-order chi connectivity index (χ0) is 29.1. The van der Waals surface area contributed by atoms with Gasteiger partial charge in [-0.3, -0.25) is 13.9 Å². The zero-order valence-corrected chi connectivity index (χ0v) is 23.7. The maximum atomic E-state index is 13.8. The second-order valence-corrected chi connectivity index (χ2v) is 10.3. The largest absolute Gasteiger partial charge is 0.332 e. The van der Waals surface area contributed by atoms with Gasteiger partial charge in [0.1, 0.15) is 5.82 Å². The van der Waals surface area contributed by atoms with Crippen LogP contribution in [0.5, 0.6) is 0 Å². The molecule has 0 atom stereocenters. The minimum absolute atomic E-state index is 0.286. The molecule has 212 valence electrons. The van der Waals surface area contributed by atoms with Gasteiger partial charge in [-0.1, -0.05) is 92.7 Å². The number of hydrogen-bond acceptors (Lipinski definition) is 6. The van der Waals surface area contributed by atoms with Crippen LogP contribution in [0.2, 0.25) is 0 Å². The Balaban J connectivity index is 1.40. The van der Waals surface area contributed by atoms with Crippen LogP contribution in [0.3, 0.4) is 0 Å². The quantitative estimate of drug-likeness (QED) is 0.264. The average Bonchev–Trinajstić information content (AvgIpc) is 3.69. The highest BCUT2D eigenvalue weighted by Gasteiger charge is 2.21. The third-order valence-electron chi connectivity index (χ3n) is 7.56. The second kappa shape index (κ2) is 11.8. The molecule has 0 aliphatic heterocycles. The molecule has 3 aromatic carbocycles. The van der Waals surface area contributed by atoms with E-state index in [2.05, 4.69) is 44.9 Å². The highest BCUT2D eigenvalue weighted by Crippen LogP contribution is 2.30. The van der Waals surface area contributed by atoms with Crippen molar-refractivity contribution in [3.05, 3.63) is 117 Å². The highest BCUT2D eigenvalue weighted by molar-refractivity contribution is 5.80. The lowest BCUT2D eigenvalue weighted by Gasteiger charge is -2.13. The standard InChI is InChI=1S/C32H32N8O2/c1-3-19-39-31(41)28-30(38(32(39)42)20-18-22-10-6-5-7-11-22)33-27(4-2)40(28)21-23-14-16-24(17-15-23)25-12-8-9-13-26(25)29-34-36-37-35-29/h5-17H,3-4,18-21H2,1-2H3,(H,34,35,36,37). The highest BCUT2D eigenvalue weighted by atomic mass is 16.2. The van der Waals surface area contributed by atoms with Crippen molar-refractivity contribution < 1.29 is 0 Å². The van der Waals surface area contributed by atoms with E-state index in [9.17, 15) is 9.59 Å². The number of aryl methyl sites for hydroxylation is 3. The molecule has 6 aromatic rings. The Morgan fingerprint density at radius 2 is 1.50 bits per heavy atom. The number of aromatic nitrogens is 8. The van der Waals surface area contributed by atoms with E-state index < -0.39 is 0 Å². The Kier molecular flexibility index (Phi) is 7.59. The lowest BCUT2D eigenvalue weighted by atomic mass is 9.98. The molecule has 0 fully saturated rings. The van der Waals surface area contributed by atoms with E-state index in [1.165, 1.54) is 4.57 Å². The van der Waals surface area contributed by atoms with Crippen LogP contribution in [0.4, 0.5) is 0 Å². The molecular formula is C32H32N8O2. The minimum atomic E-state index is -0.303. The van der Waals surface area contributed by atoms with Crippen LogP contribution >= 0.6 is 0 Å².